The summed E-state index contributed by atoms with van der Waals surface area (Å²) in [5.41, 5.74) is -0.555. The van der Waals surface area contributed by atoms with E-state index in [1.807, 2.05) is 13.8 Å². The lowest BCUT2D eigenvalue weighted by molar-refractivity contribution is -0.148. The van der Waals surface area contributed by atoms with E-state index in [9.17, 15) is 4.79 Å². The number of methoxy groups -OCH3 is 1. The van der Waals surface area contributed by atoms with Gasteiger partial charge in [-0.15, -0.1) is 0 Å². The Morgan fingerprint density at radius 1 is 1.50 bits per heavy atom. The third-order valence-electron chi connectivity index (χ3n) is 4.08. The molecule has 0 amide bonds. The summed E-state index contributed by atoms with van der Waals surface area (Å²) < 4.78 is 10.3. The van der Waals surface area contributed by atoms with E-state index >= 15 is 0 Å². The van der Waals surface area contributed by atoms with Gasteiger partial charge in [-0.05, 0) is 46.2 Å². The molecule has 2 unspecified atom stereocenters. The van der Waals surface area contributed by atoms with Gasteiger partial charge in [-0.3, -0.25) is 9.69 Å². The van der Waals surface area contributed by atoms with Gasteiger partial charge in [0.15, 0.2) is 0 Å². The van der Waals surface area contributed by atoms with Crippen LogP contribution in [0.3, 0.4) is 0 Å². The first kappa shape index (κ1) is 17.4. The van der Waals surface area contributed by atoms with Crippen molar-refractivity contribution in [3.05, 3.63) is 0 Å². The number of nitrogens with zero attached hydrogens (tertiary/aromatic N) is 1. The van der Waals surface area contributed by atoms with Gasteiger partial charge in [0.2, 0.25) is 0 Å². The van der Waals surface area contributed by atoms with Gasteiger partial charge < -0.3 is 14.8 Å². The van der Waals surface area contributed by atoms with Gasteiger partial charge >= 0.3 is 5.97 Å². The molecule has 1 rings (SSSR count). The van der Waals surface area contributed by atoms with Crippen molar-refractivity contribution < 1.29 is 14.3 Å². The van der Waals surface area contributed by atoms with Crippen molar-refractivity contribution in [2.45, 2.75) is 51.6 Å². The number of ether oxygens (including phenoxy) is 2. The van der Waals surface area contributed by atoms with Crippen molar-refractivity contribution in [2.24, 2.45) is 0 Å². The Morgan fingerprint density at radius 2 is 2.25 bits per heavy atom. The van der Waals surface area contributed by atoms with E-state index in [1.54, 1.807) is 0 Å². The fraction of sp³-hybridized carbons (Fsp3) is 0.933. The minimum Gasteiger partial charge on any atom is -0.468 e. The summed E-state index contributed by atoms with van der Waals surface area (Å²) in [6.07, 6.45) is 2.93. The maximum Gasteiger partial charge on any atom is 0.325 e. The molecule has 1 aliphatic rings. The van der Waals surface area contributed by atoms with Crippen LogP contribution in [0, 0.1) is 0 Å². The van der Waals surface area contributed by atoms with Gasteiger partial charge in [0.1, 0.15) is 5.54 Å². The van der Waals surface area contributed by atoms with E-state index < -0.39 is 5.54 Å². The Bertz CT molecular complexity index is 299. The number of hydrogen-bond donors (Lipinski definition) is 1. The molecule has 1 fully saturated rings. The molecule has 0 radical (unpaired) electrons. The predicted octanol–water partition coefficient (Wildman–Crippen LogP) is 1.42. The zero-order chi connectivity index (χ0) is 15.0. The summed E-state index contributed by atoms with van der Waals surface area (Å²) >= 11 is 0. The second-order valence-corrected chi connectivity index (χ2v) is 5.77. The molecule has 5 heteroatoms. The Hall–Kier alpha value is -0.650. The molecule has 1 N–H and O–H groups in total. The van der Waals surface area contributed by atoms with E-state index in [2.05, 4.69) is 17.1 Å². The maximum atomic E-state index is 11.9. The maximum absolute atomic E-state index is 11.9. The van der Waals surface area contributed by atoms with E-state index in [0.717, 1.165) is 52.1 Å². The highest BCUT2D eigenvalue weighted by atomic mass is 16.5. The lowest BCUT2D eigenvalue weighted by atomic mass is 9.94. The molecule has 0 aromatic heterocycles. The number of likely N-dealkylation sites (N-methyl/N-ethyl adjacent to an activating group) is 1. The van der Waals surface area contributed by atoms with Crippen molar-refractivity contribution in [3.8, 4) is 0 Å². The van der Waals surface area contributed by atoms with E-state index in [4.69, 9.17) is 9.47 Å². The topological polar surface area (TPSA) is 50.8 Å². The molecule has 1 saturated heterocycles. The second kappa shape index (κ2) is 8.60. The molecule has 0 aromatic carbocycles. The first-order valence-corrected chi connectivity index (χ1v) is 7.68. The molecule has 0 aliphatic carbocycles. The van der Waals surface area contributed by atoms with Crippen molar-refractivity contribution in [2.75, 3.05) is 40.0 Å². The molecule has 1 heterocycles. The second-order valence-electron chi connectivity index (χ2n) is 5.77. The molecule has 1 aliphatic heterocycles. The first-order valence-electron chi connectivity index (χ1n) is 7.68. The average Bonchev–Trinajstić information content (AvgIpc) is 2.44. The van der Waals surface area contributed by atoms with Crippen molar-refractivity contribution in [1.82, 2.24) is 10.2 Å². The number of carbonyl (C=O) groups is 1. The van der Waals surface area contributed by atoms with Crippen molar-refractivity contribution >= 4 is 5.97 Å². The van der Waals surface area contributed by atoms with Crippen molar-refractivity contribution in [3.63, 3.8) is 0 Å². The molecular weight excluding hydrogens is 256 g/mol. The summed E-state index contributed by atoms with van der Waals surface area (Å²) in [6, 6.07) is 0.504. The van der Waals surface area contributed by atoms with Gasteiger partial charge in [-0.1, -0.05) is 6.92 Å². The highest BCUT2D eigenvalue weighted by molar-refractivity contribution is 5.80. The predicted molar refractivity (Wildman–Crippen MR) is 79.8 cm³/mol. The van der Waals surface area contributed by atoms with Crippen molar-refractivity contribution in [1.29, 1.82) is 0 Å². The average molecular weight is 286 g/mol. The minimum absolute atomic E-state index is 0.168. The molecule has 118 valence electrons. The lowest BCUT2D eigenvalue weighted by Gasteiger charge is -2.33. The Labute approximate surface area is 123 Å². The fourth-order valence-electron chi connectivity index (χ4n) is 2.77. The number of nitrogens with one attached hydrogen (secondary N) is 1. The third kappa shape index (κ3) is 5.04. The summed E-state index contributed by atoms with van der Waals surface area (Å²) in [4.78, 5) is 14.3. The van der Waals surface area contributed by atoms with Crippen LogP contribution in [0.5, 0.6) is 0 Å². The highest BCUT2D eigenvalue weighted by Gasteiger charge is 2.32. The van der Waals surface area contributed by atoms with E-state index in [1.165, 1.54) is 7.11 Å². The molecule has 5 nitrogen and oxygen atoms in total. The van der Waals surface area contributed by atoms with Gasteiger partial charge in [0, 0.05) is 12.6 Å². The first-order chi connectivity index (χ1) is 9.53. The lowest BCUT2D eigenvalue weighted by Crippen LogP contribution is -2.50. The molecule has 0 spiro atoms. The van der Waals surface area contributed by atoms with Crippen LogP contribution in [0.1, 0.15) is 40.0 Å². The highest BCUT2D eigenvalue weighted by Crippen LogP contribution is 2.17. The Balaban J connectivity index is 2.31. The van der Waals surface area contributed by atoms with Gasteiger partial charge in [-0.2, -0.15) is 0 Å². The summed E-state index contributed by atoms with van der Waals surface area (Å²) in [7, 11) is 1.45. The van der Waals surface area contributed by atoms with Crippen LogP contribution in [0.4, 0.5) is 0 Å². The monoisotopic (exact) mass is 286 g/mol. The number of rotatable bonds is 8. The van der Waals surface area contributed by atoms with Crippen LogP contribution in [-0.2, 0) is 14.3 Å². The molecule has 20 heavy (non-hydrogen) atoms. The summed E-state index contributed by atoms with van der Waals surface area (Å²) in [5, 5.41) is 3.25. The zero-order valence-corrected chi connectivity index (χ0v) is 13.4. The van der Waals surface area contributed by atoms with Gasteiger partial charge in [0.05, 0.1) is 20.3 Å². The molecule has 0 bridgehead atoms. The van der Waals surface area contributed by atoms with E-state index in [0.29, 0.717) is 6.04 Å². The molecule has 0 aromatic rings. The summed E-state index contributed by atoms with van der Waals surface area (Å²) in [5.74, 6) is -0.168. The molecular formula is C15H30N2O3. The van der Waals surface area contributed by atoms with Gasteiger partial charge in [0.25, 0.3) is 0 Å². The number of morpholine rings is 1. The number of unbranched alkanes of at least 4 members (excludes halogenated alkanes) is 1. The van der Waals surface area contributed by atoms with Crippen LogP contribution in [0.25, 0.3) is 0 Å². The van der Waals surface area contributed by atoms with Crippen LogP contribution in [0.2, 0.25) is 0 Å². The quantitative estimate of drug-likeness (QED) is 0.540. The molecule has 0 saturated carbocycles. The van der Waals surface area contributed by atoms with Crippen LogP contribution >= 0.6 is 0 Å². The van der Waals surface area contributed by atoms with Crippen LogP contribution < -0.4 is 5.32 Å². The minimum atomic E-state index is -0.555. The Morgan fingerprint density at radius 3 is 2.85 bits per heavy atom. The Kier molecular flexibility index (Phi) is 7.48. The summed E-state index contributed by atoms with van der Waals surface area (Å²) in [6.45, 7) is 10.7. The standard InChI is InChI=1S/C15H30N2O3/c1-5-16-15(3,14(18)19-4)8-6-7-9-17-10-11-20-12-13(17)2/h13,16H,5-12H2,1-4H3. The zero-order valence-electron chi connectivity index (χ0n) is 13.4. The number of carbonyl (C=O) groups excluding carboxylic acids is 1. The third-order valence-corrected chi connectivity index (χ3v) is 4.08. The van der Waals surface area contributed by atoms with Crippen LogP contribution in [0.15, 0.2) is 0 Å². The van der Waals surface area contributed by atoms with Gasteiger partial charge in [-0.25, -0.2) is 0 Å². The van der Waals surface area contributed by atoms with E-state index in [-0.39, 0.29) is 5.97 Å². The normalized spacial score (nSPS) is 23.3. The smallest absolute Gasteiger partial charge is 0.325 e. The largest absolute Gasteiger partial charge is 0.468 e. The SMILES string of the molecule is CCNC(C)(CCCCN1CCOCC1C)C(=O)OC. The number of hydrogen-bond acceptors (Lipinski definition) is 5. The molecule has 2 atom stereocenters. The number of esters is 1. The fourth-order valence-corrected chi connectivity index (χ4v) is 2.77. The van der Waals surface area contributed by atoms with Crippen LogP contribution in [-0.4, -0.2) is 62.4 Å².